The third-order valence-corrected chi connectivity index (χ3v) is 2.91. The molecular weight excluding hydrogens is 254 g/mol. The van der Waals surface area contributed by atoms with Gasteiger partial charge < -0.3 is 14.5 Å². The number of carbonyl (C=O) groups excluding carboxylic acids is 1. The molecule has 0 aliphatic rings. The van der Waals surface area contributed by atoms with Gasteiger partial charge in [-0.25, -0.2) is 0 Å². The molecule has 0 spiro atoms. The number of hydrogen-bond acceptors (Lipinski definition) is 3. The molecule has 1 amide bonds. The van der Waals surface area contributed by atoms with Crippen molar-refractivity contribution in [3.8, 4) is 11.3 Å². The zero-order chi connectivity index (χ0) is 14.2. The predicted molar refractivity (Wildman–Crippen MR) is 77.6 cm³/mol. The van der Waals surface area contributed by atoms with E-state index < -0.39 is 0 Å². The smallest absolute Gasteiger partial charge is 0.252 e. The van der Waals surface area contributed by atoms with E-state index in [1.54, 1.807) is 12.3 Å². The van der Waals surface area contributed by atoms with E-state index in [1.807, 2.05) is 37.3 Å². The normalized spacial score (nSPS) is 10.4. The maximum Gasteiger partial charge on any atom is 0.252 e. The summed E-state index contributed by atoms with van der Waals surface area (Å²) < 4.78 is 10.6. The Labute approximate surface area is 118 Å². The quantitative estimate of drug-likeness (QED) is 0.789. The van der Waals surface area contributed by atoms with Crippen LogP contribution in [0.1, 0.15) is 23.7 Å². The number of carbonyl (C=O) groups is 1. The average Bonchev–Trinajstić information content (AvgIpc) is 3.01. The Morgan fingerprint density at radius 1 is 1.25 bits per heavy atom. The number of rotatable bonds is 7. The number of furan rings is 1. The first-order valence-corrected chi connectivity index (χ1v) is 6.81. The van der Waals surface area contributed by atoms with Gasteiger partial charge in [0.2, 0.25) is 0 Å². The Hall–Kier alpha value is -2.07. The highest BCUT2D eigenvalue weighted by atomic mass is 16.5. The van der Waals surface area contributed by atoms with E-state index in [2.05, 4.69) is 5.32 Å². The minimum atomic E-state index is -0.0894. The summed E-state index contributed by atoms with van der Waals surface area (Å²) in [5.74, 6) is 0.610. The predicted octanol–water partition coefficient (Wildman–Crippen LogP) is 3.10. The number of benzene rings is 1. The molecule has 20 heavy (non-hydrogen) atoms. The van der Waals surface area contributed by atoms with E-state index >= 15 is 0 Å². The molecule has 0 saturated carbocycles. The van der Waals surface area contributed by atoms with Crippen molar-refractivity contribution < 1.29 is 13.9 Å². The van der Waals surface area contributed by atoms with E-state index in [0.29, 0.717) is 31.1 Å². The van der Waals surface area contributed by atoms with Crippen LogP contribution in [-0.2, 0) is 4.74 Å². The van der Waals surface area contributed by atoms with E-state index in [1.165, 1.54) is 0 Å². The summed E-state index contributed by atoms with van der Waals surface area (Å²) >= 11 is 0. The Kier molecular flexibility index (Phi) is 5.38. The molecule has 106 valence electrons. The average molecular weight is 273 g/mol. The van der Waals surface area contributed by atoms with Crippen LogP contribution in [0.4, 0.5) is 0 Å². The molecule has 4 nitrogen and oxygen atoms in total. The van der Waals surface area contributed by atoms with Gasteiger partial charge in [0, 0.05) is 25.3 Å². The molecular formula is C16H19NO3. The lowest BCUT2D eigenvalue weighted by molar-refractivity contribution is 0.0944. The van der Waals surface area contributed by atoms with Crippen LogP contribution in [0, 0.1) is 0 Å². The summed E-state index contributed by atoms with van der Waals surface area (Å²) in [4.78, 5) is 12.2. The summed E-state index contributed by atoms with van der Waals surface area (Å²) in [5.41, 5.74) is 1.43. The molecule has 2 rings (SSSR count). The van der Waals surface area contributed by atoms with Crippen LogP contribution >= 0.6 is 0 Å². The van der Waals surface area contributed by atoms with Crippen LogP contribution in [0.25, 0.3) is 11.3 Å². The molecule has 0 unspecified atom stereocenters. The monoisotopic (exact) mass is 273 g/mol. The lowest BCUT2D eigenvalue weighted by atomic mass is 10.0. The van der Waals surface area contributed by atoms with Crippen molar-refractivity contribution in [3.63, 3.8) is 0 Å². The fourth-order valence-corrected chi connectivity index (χ4v) is 1.94. The zero-order valence-electron chi connectivity index (χ0n) is 11.6. The van der Waals surface area contributed by atoms with Crippen LogP contribution in [0.15, 0.2) is 47.1 Å². The molecule has 0 saturated heterocycles. The van der Waals surface area contributed by atoms with E-state index in [9.17, 15) is 4.79 Å². The van der Waals surface area contributed by atoms with Gasteiger partial charge in [0.05, 0.1) is 11.8 Å². The number of hydrogen-bond donors (Lipinski definition) is 1. The van der Waals surface area contributed by atoms with E-state index in [4.69, 9.17) is 9.15 Å². The van der Waals surface area contributed by atoms with Gasteiger partial charge in [0.15, 0.2) is 0 Å². The number of amides is 1. The molecule has 1 heterocycles. The maximum absolute atomic E-state index is 12.2. The second-order valence-corrected chi connectivity index (χ2v) is 4.33. The van der Waals surface area contributed by atoms with Gasteiger partial charge >= 0.3 is 0 Å². The first-order valence-electron chi connectivity index (χ1n) is 6.81. The number of nitrogens with one attached hydrogen (secondary N) is 1. The number of ether oxygens (including phenoxy) is 1. The van der Waals surface area contributed by atoms with Crippen molar-refractivity contribution in [2.75, 3.05) is 19.8 Å². The molecule has 4 heteroatoms. The van der Waals surface area contributed by atoms with Crippen LogP contribution in [0.5, 0.6) is 0 Å². The lowest BCUT2D eigenvalue weighted by Crippen LogP contribution is -2.25. The Bertz CT molecular complexity index is 534. The first kappa shape index (κ1) is 14.3. The maximum atomic E-state index is 12.2. The molecule has 0 aliphatic heterocycles. The summed E-state index contributed by atoms with van der Waals surface area (Å²) in [6, 6.07) is 11.1. The van der Waals surface area contributed by atoms with E-state index in [0.717, 1.165) is 12.0 Å². The summed E-state index contributed by atoms with van der Waals surface area (Å²) in [6.45, 7) is 3.93. The largest absolute Gasteiger partial charge is 0.464 e. The molecule has 0 bridgehead atoms. The molecule has 1 aromatic carbocycles. The second-order valence-electron chi connectivity index (χ2n) is 4.33. The van der Waals surface area contributed by atoms with Crippen molar-refractivity contribution in [1.29, 1.82) is 0 Å². The second kappa shape index (κ2) is 7.50. The fraction of sp³-hybridized carbons (Fsp3) is 0.312. The van der Waals surface area contributed by atoms with Crippen molar-refractivity contribution >= 4 is 5.91 Å². The minimum absolute atomic E-state index is 0.0894. The third kappa shape index (κ3) is 3.71. The van der Waals surface area contributed by atoms with Crippen molar-refractivity contribution in [3.05, 3.63) is 48.2 Å². The van der Waals surface area contributed by atoms with Gasteiger partial charge in [-0.1, -0.05) is 18.2 Å². The third-order valence-electron chi connectivity index (χ3n) is 2.91. The zero-order valence-corrected chi connectivity index (χ0v) is 11.6. The first-order chi connectivity index (χ1) is 9.83. The highest BCUT2D eigenvalue weighted by Crippen LogP contribution is 2.23. The topological polar surface area (TPSA) is 51.5 Å². The molecule has 2 aromatic rings. The molecule has 0 atom stereocenters. The SMILES string of the molecule is CCOCCCNC(=O)c1ccccc1-c1ccco1. The standard InChI is InChI=1S/C16H19NO3/c1-2-19-11-6-10-17-16(18)14-8-4-3-7-13(14)15-9-5-12-20-15/h3-5,7-9,12H,2,6,10-11H2,1H3,(H,17,18). The molecule has 0 fully saturated rings. The van der Waals surface area contributed by atoms with Gasteiger partial charge in [-0.05, 0) is 31.5 Å². The van der Waals surface area contributed by atoms with Gasteiger partial charge in [-0.2, -0.15) is 0 Å². The van der Waals surface area contributed by atoms with Crippen molar-refractivity contribution in [2.24, 2.45) is 0 Å². The van der Waals surface area contributed by atoms with Crippen LogP contribution in [-0.4, -0.2) is 25.7 Å². The van der Waals surface area contributed by atoms with Crippen molar-refractivity contribution in [1.82, 2.24) is 5.32 Å². The highest BCUT2D eigenvalue weighted by molar-refractivity contribution is 6.00. The minimum Gasteiger partial charge on any atom is -0.464 e. The lowest BCUT2D eigenvalue weighted by Gasteiger charge is -2.08. The van der Waals surface area contributed by atoms with Crippen molar-refractivity contribution in [2.45, 2.75) is 13.3 Å². The Balaban J connectivity index is 2.00. The van der Waals surface area contributed by atoms with Crippen LogP contribution < -0.4 is 5.32 Å². The van der Waals surface area contributed by atoms with Crippen LogP contribution in [0.3, 0.4) is 0 Å². The Morgan fingerprint density at radius 3 is 2.85 bits per heavy atom. The van der Waals surface area contributed by atoms with Gasteiger partial charge in [-0.3, -0.25) is 4.79 Å². The Morgan fingerprint density at radius 2 is 2.10 bits per heavy atom. The molecule has 1 N–H and O–H groups in total. The van der Waals surface area contributed by atoms with Crippen LogP contribution in [0.2, 0.25) is 0 Å². The molecule has 0 aliphatic carbocycles. The molecule has 1 aromatic heterocycles. The summed E-state index contributed by atoms with van der Waals surface area (Å²) in [6.07, 6.45) is 2.41. The highest BCUT2D eigenvalue weighted by Gasteiger charge is 2.13. The summed E-state index contributed by atoms with van der Waals surface area (Å²) in [5, 5.41) is 2.90. The van der Waals surface area contributed by atoms with Gasteiger partial charge in [-0.15, -0.1) is 0 Å². The summed E-state index contributed by atoms with van der Waals surface area (Å²) in [7, 11) is 0. The fourth-order valence-electron chi connectivity index (χ4n) is 1.94. The molecule has 0 radical (unpaired) electrons. The van der Waals surface area contributed by atoms with Gasteiger partial charge in [0.1, 0.15) is 5.76 Å². The van der Waals surface area contributed by atoms with E-state index in [-0.39, 0.29) is 5.91 Å². The van der Waals surface area contributed by atoms with Gasteiger partial charge in [0.25, 0.3) is 5.91 Å².